The van der Waals surface area contributed by atoms with Crippen LogP contribution in [0, 0.1) is 34.9 Å². The zero-order chi connectivity index (χ0) is 68.2. The van der Waals surface area contributed by atoms with Gasteiger partial charge in [0.05, 0.1) is 70.4 Å². The molecule has 3 saturated heterocycles. The fourth-order valence-electron chi connectivity index (χ4n) is 9.96. The number of fused-ring (bicyclic) bond motifs is 3. The third-order valence-corrected chi connectivity index (χ3v) is 17.4. The molecule has 3 fully saturated rings. The number of rotatable bonds is 11. The summed E-state index contributed by atoms with van der Waals surface area (Å²) in [7, 11) is -0.929. The molecular formula is C67H95BBrCaCl6F6N9O10. The van der Waals surface area contributed by atoms with Gasteiger partial charge >= 0.3 is 56.8 Å². The summed E-state index contributed by atoms with van der Waals surface area (Å²) in [6, 6.07) is 9.17. The smallest absolute Gasteiger partial charge is 1.00 e. The number of ether oxygens (including phenoxy) is 5. The molecule has 12 rings (SSSR count). The van der Waals surface area contributed by atoms with Crippen LogP contribution in [-0.4, -0.2) is 191 Å². The number of nitrogens with zero attached hydrogens (tertiary/aromatic N) is 8. The summed E-state index contributed by atoms with van der Waals surface area (Å²) in [6.45, 7) is 30.7. The summed E-state index contributed by atoms with van der Waals surface area (Å²) >= 11 is 20.0. The Morgan fingerprint density at radius 2 is 0.931 bits per heavy atom. The van der Waals surface area contributed by atoms with Crippen molar-refractivity contribution in [2.75, 3.05) is 65.8 Å². The van der Waals surface area contributed by atoms with Crippen LogP contribution in [0.25, 0.3) is 22.3 Å². The normalized spacial score (nSPS) is 14.9. The van der Waals surface area contributed by atoms with E-state index in [-0.39, 0.29) is 183 Å². The van der Waals surface area contributed by atoms with Crippen LogP contribution in [0.3, 0.4) is 0 Å². The van der Waals surface area contributed by atoms with Gasteiger partial charge in [0.15, 0.2) is 52.0 Å². The van der Waals surface area contributed by atoms with Gasteiger partial charge in [-0.25, -0.2) is 50.0 Å². The van der Waals surface area contributed by atoms with Crippen molar-refractivity contribution < 1.29 is 98.5 Å². The summed E-state index contributed by atoms with van der Waals surface area (Å²) in [5.74, 6) is -7.01. The van der Waals surface area contributed by atoms with E-state index in [2.05, 4.69) is 76.1 Å². The SMILES string of the molecule is C.C.C.C.C1CNC1.CC1(C)OB(c2ccc(Cl)c(F)c2F)OC1(C)C.CCN(C(C)C)C(C)C.CCOC(=O)c1nn2c(c1-c1ccc(Cl)c(F)c1F)OCCC2.CCOC(=O)c1nn2c(c1Br)OCCC2.Cl.O=C(c1nn2c(c1-c1ccc(Cl)c(F)c1F)OCCC2)N1CCC1.[Ca+2].[Cl-].[Cl-]. The average molecular weight is 1640 g/mol. The fourth-order valence-corrected chi connectivity index (χ4v) is 11.0. The molecule has 0 spiro atoms. The number of esters is 2. The van der Waals surface area contributed by atoms with Gasteiger partial charge in [-0.05, 0) is 148 Å². The first-order valence-corrected chi connectivity index (χ1v) is 32.8. The molecule has 6 aliphatic rings. The number of carbonyl (C=O) groups excluding carboxylic acids is 3. The Hall–Kier alpha value is -3.94. The molecule has 19 nitrogen and oxygen atoms in total. The van der Waals surface area contributed by atoms with Crippen molar-refractivity contribution in [3.05, 3.63) is 108 Å². The molecule has 0 bridgehead atoms. The second kappa shape index (κ2) is 44.9. The molecule has 3 aromatic heterocycles. The Balaban J connectivity index is 0. The van der Waals surface area contributed by atoms with Crippen molar-refractivity contribution in [2.24, 2.45) is 0 Å². The molecule has 0 atom stereocenters. The van der Waals surface area contributed by atoms with Crippen molar-refractivity contribution in [1.29, 1.82) is 0 Å². The van der Waals surface area contributed by atoms with E-state index in [4.69, 9.17) is 67.8 Å². The van der Waals surface area contributed by atoms with Gasteiger partial charge in [0.2, 0.25) is 17.6 Å². The van der Waals surface area contributed by atoms with Gasteiger partial charge in [-0.2, -0.15) is 15.3 Å². The summed E-state index contributed by atoms with van der Waals surface area (Å²) in [6.07, 6.45) is 4.66. The number of amides is 1. The number of halogens is 13. The molecule has 34 heteroatoms. The number of aromatic nitrogens is 6. The second-order valence-corrected chi connectivity index (χ2v) is 25.3. The molecule has 0 aliphatic carbocycles. The van der Waals surface area contributed by atoms with Crippen molar-refractivity contribution >= 4 is 131 Å². The van der Waals surface area contributed by atoms with E-state index >= 15 is 0 Å². The summed E-state index contributed by atoms with van der Waals surface area (Å²) in [5, 5.41) is 14.8. The quantitative estimate of drug-likeness (QED) is 0.0558. The van der Waals surface area contributed by atoms with E-state index in [0.717, 1.165) is 32.4 Å². The van der Waals surface area contributed by atoms with E-state index in [1.807, 2.05) is 27.7 Å². The van der Waals surface area contributed by atoms with E-state index < -0.39 is 65.2 Å². The monoisotopic (exact) mass is 1640 g/mol. The summed E-state index contributed by atoms with van der Waals surface area (Å²) in [5.41, 5.74) is -0.834. The van der Waals surface area contributed by atoms with Crippen LogP contribution in [0.2, 0.25) is 15.1 Å². The zero-order valence-corrected chi connectivity index (χ0v) is 64.1. The van der Waals surface area contributed by atoms with E-state index in [0.29, 0.717) is 87.3 Å². The Morgan fingerprint density at radius 3 is 1.29 bits per heavy atom. The maximum Gasteiger partial charge on any atom is 2.00 e. The average Bonchev–Trinajstić information content (AvgIpc) is 1.66. The fraction of sp³-hybridized carbons (Fsp3) is 0.552. The van der Waals surface area contributed by atoms with E-state index in [1.165, 1.54) is 65.3 Å². The van der Waals surface area contributed by atoms with Gasteiger partial charge in [-0.15, -0.1) is 12.4 Å². The van der Waals surface area contributed by atoms with Crippen molar-refractivity contribution in [3.8, 4) is 39.9 Å². The van der Waals surface area contributed by atoms with Crippen molar-refractivity contribution in [3.63, 3.8) is 0 Å². The van der Waals surface area contributed by atoms with Gasteiger partial charge in [0.25, 0.3) is 5.91 Å². The molecule has 9 heterocycles. The van der Waals surface area contributed by atoms with Crippen LogP contribution < -0.4 is 49.8 Å². The number of likely N-dealkylation sites (tertiary alicyclic amines) is 1. The molecule has 0 radical (unpaired) electrons. The third-order valence-electron chi connectivity index (χ3n) is 15.8. The molecule has 0 unspecified atom stereocenters. The standard InChI is InChI=1S/C16H14ClF2N3O2.C15H13ClF2N2O3.C12H14BClF2O2.C9H11BrN2O3.C8H19N.C3H7N.4CH4.Ca.3ClH/c17-10-4-3-9(12(18)13(10)19)11-14(15(23)21-5-1-6-21)20-22-7-2-8-24-16(11)22;1-2-22-15(21)13-10(14-20(19-13)6-3-7-23-14)8-4-5-9(16)12(18)11(8)17;1-11(2)12(3,4)18-13(17-11)7-5-6-8(14)10(16)9(7)15;1-2-14-9(13)7-6(10)8-12(11-7)4-3-5-15-8;1-6-9(7(2)3)8(4)5;1-2-4-3-1;;;;;;;;/h3-4H,1-2,5-8H2;4-5H,2-3,6-7H2,1H3;5-6H,1-4H3;2-5H2,1H3;7-8H,6H2,1-5H3;4H,1-3H2;4*1H4;;3*1H/q;;;;;;;;;;+2;;;/p-2. The molecule has 1 amide bonds. The van der Waals surface area contributed by atoms with E-state index in [9.17, 15) is 40.7 Å². The first kappa shape index (κ1) is 99.1. The number of benzene rings is 3. The van der Waals surface area contributed by atoms with Gasteiger partial charge in [0.1, 0.15) is 4.47 Å². The second-order valence-electron chi connectivity index (χ2n) is 23.3. The maximum absolute atomic E-state index is 14.5. The number of hydrogen-bond acceptors (Lipinski definition) is 15. The van der Waals surface area contributed by atoms with Gasteiger partial charge < -0.3 is 68.0 Å². The van der Waals surface area contributed by atoms with Crippen molar-refractivity contribution in [1.82, 2.24) is 44.5 Å². The van der Waals surface area contributed by atoms with Crippen LogP contribution >= 0.6 is 63.1 Å². The maximum atomic E-state index is 14.5. The Bertz CT molecular complexity index is 3600. The zero-order valence-electron chi connectivity index (χ0n) is 55.7. The van der Waals surface area contributed by atoms with Crippen molar-refractivity contribution in [2.45, 2.75) is 181 Å². The number of carbonyl (C=O) groups is 3. The predicted octanol–water partition coefficient (Wildman–Crippen LogP) is 9.77. The number of aryl methyl sites for hydroxylation is 3. The first-order chi connectivity index (χ1) is 44.1. The molecule has 101 heavy (non-hydrogen) atoms. The molecule has 6 aliphatic heterocycles. The molecule has 0 saturated carbocycles. The first-order valence-electron chi connectivity index (χ1n) is 30.8. The van der Waals surface area contributed by atoms with Gasteiger partial charge in [0, 0.05) is 80.7 Å². The minimum atomic E-state index is -1.19. The Morgan fingerprint density at radius 1 is 0.574 bits per heavy atom. The Kier molecular flexibility index (Phi) is 44.1. The topological polar surface area (TPSA) is 188 Å². The summed E-state index contributed by atoms with van der Waals surface area (Å²) < 4.78 is 127. The minimum absolute atomic E-state index is 0. The van der Waals surface area contributed by atoms with E-state index in [1.54, 1.807) is 23.4 Å². The molecular weight excluding hydrogens is 1550 g/mol. The third kappa shape index (κ3) is 23.8. The van der Waals surface area contributed by atoms with Gasteiger partial charge in [-0.3, -0.25) is 9.69 Å². The van der Waals surface area contributed by atoms with Gasteiger partial charge in [-0.1, -0.05) is 77.5 Å². The molecule has 564 valence electrons. The number of nitrogens with one attached hydrogen (secondary N) is 1. The van der Waals surface area contributed by atoms with Crippen LogP contribution in [0.4, 0.5) is 26.3 Å². The molecule has 6 aromatic rings. The van der Waals surface area contributed by atoms with Crippen LogP contribution in [0.1, 0.15) is 169 Å². The molecule has 1 N–H and O–H groups in total. The molecule has 3 aromatic carbocycles. The van der Waals surface area contributed by atoms with Crippen LogP contribution in [0.5, 0.6) is 17.6 Å². The van der Waals surface area contributed by atoms with Crippen LogP contribution in [0.15, 0.2) is 40.9 Å². The predicted molar refractivity (Wildman–Crippen MR) is 385 cm³/mol. The van der Waals surface area contributed by atoms with Crippen LogP contribution in [-0.2, 0) is 38.4 Å². The number of hydrogen-bond donors (Lipinski definition) is 1. The Labute approximate surface area is 663 Å². The summed E-state index contributed by atoms with van der Waals surface area (Å²) in [4.78, 5) is 40.4. The minimum Gasteiger partial charge on any atom is -1.00 e. The largest absolute Gasteiger partial charge is 2.00 e.